The number of carbonyl (C=O) groups excluding carboxylic acids is 1. The second kappa shape index (κ2) is 6.07. The van der Waals surface area contributed by atoms with E-state index in [1.54, 1.807) is 0 Å². The number of benzene rings is 2. The number of nitro groups is 1. The van der Waals surface area contributed by atoms with E-state index >= 15 is 0 Å². The van der Waals surface area contributed by atoms with Gasteiger partial charge in [0.05, 0.1) is 27.6 Å². The molecule has 0 saturated carbocycles. The fraction of sp³-hybridized carbons (Fsp3) is 0.0667. The average Bonchev–Trinajstić information content (AvgIpc) is 2.96. The molecule has 0 radical (unpaired) electrons. The van der Waals surface area contributed by atoms with Crippen molar-refractivity contribution in [1.29, 1.82) is 0 Å². The second-order valence-corrected chi connectivity index (χ2v) is 6.56. The third kappa shape index (κ3) is 3.39. The lowest BCUT2D eigenvalue weighted by Gasteiger charge is -2.14. The molecule has 1 amide bonds. The smallest absolute Gasteiger partial charge is 0.269 e. The zero-order chi connectivity index (χ0) is 18.2. The molecule has 0 unspecified atom stereocenters. The molecule has 0 fully saturated rings. The maximum Gasteiger partial charge on any atom is 0.269 e. The Kier molecular flexibility index (Phi) is 4.07. The third-order valence-corrected chi connectivity index (χ3v) is 4.37. The number of nitrogens with zero attached hydrogens (tertiary/aromatic N) is 3. The minimum absolute atomic E-state index is 0.0494. The van der Waals surface area contributed by atoms with Gasteiger partial charge in [0.2, 0.25) is 0 Å². The first kappa shape index (κ1) is 16.7. The Morgan fingerprint density at radius 1 is 1.12 bits per heavy atom. The predicted octanol–water partition coefficient (Wildman–Crippen LogP) is 1.64. The van der Waals surface area contributed by atoms with E-state index in [4.69, 9.17) is 0 Å². The average molecular weight is 360 g/mol. The number of non-ortho nitro benzene ring substituents is 1. The van der Waals surface area contributed by atoms with Crippen LogP contribution in [-0.2, 0) is 14.9 Å². The van der Waals surface area contributed by atoms with Crippen molar-refractivity contribution < 1.29 is 22.7 Å². The van der Waals surface area contributed by atoms with Crippen molar-refractivity contribution in [3.63, 3.8) is 0 Å². The van der Waals surface area contributed by atoms with Gasteiger partial charge in [-0.05, 0) is 35.9 Å². The lowest BCUT2D eigenvalue weighted by atomic mass is 10.1. The van der Waals surface area contributed by atoms with Crippen LogP contribution in [0.5, 0.6) is 0 Å². The zero-order valence-electron chi connectivity index (χ0n) is 12.5. The molecule has 0 bridgehead atoms. The molecule has 10 heteroatoms. The van der Waals surface area contributed by atoms with Crippen LogP contribution < -0.4 is 5.01 Å². The number of amides is 1. The van der Waals surface area contributed by atoms with Gasteiger partial charge in [0, 0.05) is 12.1 Å². The van der Waals surface area contributed by atoms with Gasteiger partial charge in [-0.15, -0.1) is 0 Å². The first-order valence-corrected chi connectivity index (χ1v) is 8.38. The summed E-state index contributed by atoms with van der Waals surface area (Å²) in [6.45, 7) is 0. The van der Waals surface area contributed by atoms with Gasteiger partial charge in [0.1, 0.15) is 10.1 Å². The fourth-order valence-corrected chi connectivity index (χ4v) is 2.85. The van der Waals surface area contributed by atoms with E-state index in [9.17, 15) is 27.9 Å². The van der Waals surface area contributed by atoms with Gasteiger partial charge < -0.3 is 4.55 Å². The Morgan fingerprint density at radius 2 is 1.80 bits per heavy atom. The highest BCUT2D eigenvalue weighted by Gasteiger charge is 2.26. The summed E-state index contributed by atoms with van der Waals surface area (Å²) in [6, 6.07) is 10.6. The van der Waals surface area contributed by atoms with E-state index in [-0.39, 0.29) is 17.8 Å². The van der Waals surface area contributed by atoms with E-state index < -0.39 is 25.8 Å². The largest absolute Gasteiger partial charge is 0.744 e. The summed E-state index contributed by atoms with van der Waals surface area (Å²) in [6.07, 6.45) is -0.0494. The lowest BCUT2D eigenvalue weighted by molar-refractivity contribution is -0.384. The normalized spacial score (nSPS) is 14.5. The first-order valence-electron chi connectivity index (χ1n) is 6.97. The molecule has 2 aromatic rings. The van der Waals surface area contributed by atoms with Gasteiger partial charge in [0.15, 0.2) is 0 Å². The molecule has 0 aliphatic carbocycles. The Morgan fingerprint density at radius 3 is 2.40 bits per heavy atom. The fourth-order valence-electron chi connectivity index (χ4n) is 2.34. The predicted molar refractivity (Wildman–Crippen MR) is 86.1 cm³/mol. The SMILES string of the molecule is O=C1CC(c2ccc([N+](=O)[O-])cc2)=NN1c1cccc(S(=O)(=O)[O-])c1. The van der Waals surface area contributed by atoms with Crippen molar-refractivity contribution in [1.82, 2.24) is 0 Å². The molecule has 0 atom stereocenters. The van der Waals surface area contributed by atoms with Gasteiger partial charge in [-0.2, -0.15) is 5.10 Å². The summed E-state index contributed by atoms with van der Waals surface area (Å²) in [5.74, 6) is -0.409. The van der Waals surface area contributed by atoms with Crippen LogP contribution >= 0.6 is 0 Å². The topological polar surface area (TPSA) is 133 Å². The number of nitro benzene ring substituents is 1. The van der Waals surface area contributed by atoms with Gasteiger partial charge >= 0.3 is 0 Å². The number of anilines is 1. The van der Waals surface area contributed by atoms with E-state index in [0.29, 0.717) is 11.3 Å². The molecule has 1 heterocycles. The monoisotopic (exact) mass is 360 g/mol. The van der Waals surface area contributed by atoms with E-state index in [2.05, 4.69) is 5.10 Å². The molecule has 0 N–H and O–H groups in total. The number of hydrogen-bond donors (Lipinski definition) is 0. The van der Waals surface area contributed by atoms with Gasteiger partial charge in [-0.3, -0.25) is 14.9 Å². The van der Waals surface area contributed by atoms with Crippen LogP contribution in [0.15, 0.2) is 58.5 Å². The maximum atomic E-state index is 12.2. The van der Waals surface area contributed by atoms with Crippen LogP contribution in [0.4, 0.5) is 11.4 Å². The standard InChI is InChI=1S/C15H11N3O6S/c19-15-9-14(10-4-6-11(7-5-10)18(20)21)16-17(15)12-2-1-3-13(8-12)25(22,23)24/h1-8H,9H2,(H,22,23,24)/p-1. The quantitative estimate of drug-likeness (QED) is 0.462. The lowest BCUT2D eigenvalue weighted by Crippen LogP contribution is -2.19. The van der Waals surface area contributed by atoms with Gasteiger partial charge in [-0.1, -0.05) is 6.07 Å². The molecule has 0 spiro atoms. The van der Waals surface area contributed by atoms with Crippen molar-refractivity contribution in [2.75, 3.05) is 5.01 Å². The molecule has 9 nitrogen and oxygen atoms in total. The molecular formula is C15H10N3O6S-. The Bertz CT molecular complexity index is 998. The number of hydrogen-bond acceptors (Lipinski definition) is 7. The van der Waals surface area contributed by atoms with E-state index in [1.165, 1.54) is 36.4 Å². The summed E-state index contributed by atoms with van der Waals surface area (Å²) in [7, 11) is -4.65. The minimum Gasteiger partial charge on any atom is -0.744 e. The molecule has 25 heavy (non-hydrogen) atoms. The molecule has 2 aromatic carbocycles. The minimum atomic E-state index is -4.65. The van der Waals surface area contributed by atoms with Crippen molar-refractivity contribution in [2.45, 2.75) is 11.3 Å². The Balaban J connectivity index is 1.94. The van der Waals surface area contributed by atoms with E-state index in [1.807, 2.05) is 0 Å². The Labute approximate surface area is 142 Å². The first-order chi connectivity index (χ1) is 11.8. The summed E-state index contributed by atoms with van der Waals surface area (Å²) in [4.78, 5) is 21.8. The van der Waals surface area contributed by atoms with Gasteiger partial charge in [-0.25, -0.2) is 13.4 Å². The second-order valence-electron chi connectivity index (χ2n) is 5.18. The van der Waals surface area contributed by atoms with Gasteiger partial charge in [0.25, 0.3) is 11.6 Å². The molecule has 0 aromatic heterocycles. The number of hydrazone groups is 1. The van der Waals surface area contributed by atoms with E-state index in [0.717, 1.165) is 17.1 Å². The molecule has 128 valence electrons. The van der Waals surface area contributed by atoms with Crippen molar-refractivity contribution in [2.24, 2.45) is 5.10 Å². The van der Waals surface area contributed by atoms with Crippen molar-refractivity contribution in [3.8, 4) is 0 Å². The zero-order valence-corrected chi connectivity index (χ0v) is 13.3. The molecule has 1 aliphatic rings. The van der Waals surface area contributed by atoms with Crippen LogP contribution in [0.2, 0.25) is 0 Å². The van der Waals surface area contributed by atoms with Crippen LogP contribution in [-0.4, -0.2) is 29.5 Å². The highest BCUT2D eigenvalue weighted by molar-refractivity contribution is 7.85. The van der Waals surface area contributed by atoms with Crippen LogP contribution in [0.1, 0.15) is 12.0 Å². The number of carbonyl (C=O) groups is 1. The van der Waals surface area contributed by atoms with Crippen molar-refractivity contribution in [3.05, 3.63) is 64.2 Å². The highest BCUT2D eigenvalue weighted by Crippen LogP contribution is 2.25. The molecule has 0 saturated heterocycles. The summed E-state index contributed by atoms with van der Waals surface area (Å²) >= 11 is 0. The Hall–Kier alpha value is -3.11. The molecule has 1 aliphatic heterocycles. The summed E-state index contributed by atoms with van der Waals surface area (Å²) in [5.41, 5.74) is 0.988. The highest BCUT2D eigenvalue weighted by atomic mass is 32.2. The summed E-state index contributed by atoms with van der Waals surface area (Å²) < 4.78 is 33.3. The van der Waals surface area contributed by atoms with Crippen LogP contribution in [0.25, 0.3) is 0 Å². The summed E-state index contributed by atoms with van der Waals surface area (Å²) in [5, 5.41) is 15.8. The van der Waals surface area contributed by atoms with Crippen LogP contribution in [0, 0.1) is 10.1 Å². The molecular weight excluding hydrogens is 350 g/mol. The maximum absolute atomic E-state index is 12.2. The molecule has 3 rings (SSSR count). The van der Waals surface area contributed by atoms with Crippen LogP contribution in [0.3, 0.4) is 0 Å². The number of rotatable bonds is 4. The van der Waals surface area contributed by atoms with Crippen molar-refractivity contribution >= 4 is 33.1 Å². The third-order valence-electron chi connectivity index (χ3n) is 3.54.